The minimum atomic E-state index is -0.450. The van der Waals surface area contributed by atoms with Crippen LogP contribution in [-0.4, -0.2) is 30.7 Å². The number of benzene rings is 2. The van der Waals surface area contributed by atoms with Gasteiger partial charge in [-0.3, -0.25) is 4.79 Å². The third-order valence-electron chi connectivity index (χ3n) is 5.61. The molecule has 0 saturated carbocycles. The van der Waals surface area contributed by atoms with Gasteiger partial charge in [-0.1, -0.05) is 12.1 Å². The molecule has 0 atom stereocenters. The van der Waals surface area contributed by atoms with Gasteiger partial charge in [-0.15, -0.1) is 10.2 Å². The fraction of sp³-hybridized carbons (Fsp3) is 0.208. The summed E-state index contributed by atoms with van der Waals surface area (Å²) in [6.45, 7) is 5.40. The Hall–Kier alpha value is -4.39. The highest BCUT2D eigenvalue weighted by molar-refractivity contribution is 5.91. The normalized spacial score (nSPS) is 10.8. The molecule has 0 radical (unpaired) electrons. The van der Waals surface area contributed by atoms with Crippen molar-refractivity contribution < 1.29 is 13.6 Å². The number of nitrogens with one attached hydrogen (secondary N) is 1. The first kappa shape index (κ1) is 22.8. The van der Waals surface area contributed by atoms with Gasteiger partial charge < -0.3 is 9.88 Å². The number of nitriles is 1. The maximum Gasteiger partial charge on any atom is 0.249 e. The Bertz CT molecular complexity index is 1410. The molecule has 0 fully saturated rings. The number of nitrogens with zero attached hydrogens (tertiary/aromatic N) is 6. The lowest BCUT2D eigenvalue weighted by Gasteiger charge is -2.13. The summed E-state index contributed by atoms with van der Waals surface area (Å²) in [7, 11) is 0. The van der Waals surface area contributed by atoms with E-state index in [-0.39, 0.29) is 24.0 Å². The van der Waals surface area contributed by atoms with E-state index in [1.54, 1.807) is 36.6 Å². The number of amides is 1. The van der Waals surface area contributed by atoms with Crippen LogP contribution in [0.4, 0.5) is 14.6 Å². The monoisotopic (exact) mass is 461 g/mol. The van der Waals surface area contributed by atoms with Gasteiger partial charge in [-0.25, -0.2) is 8.78 Å². The van der Waals surface area contributed by atoms with Crippen molar-refractivity contribution in [2.75, 3.05) is 5.32 Å². The Balaban J connectivity index is 1.55. The molecule has 34 heavy (non-hydrogen) atoms. The molecule has 0 aliphatic rings. The number of hydrogen-bond acceptors (Lipinski definition) is 5. The van der Waals surface area contributed by atoms with E-state index >= 15 is 0 Å². The van der Waals surface area contributed by atoms with Crippen LogP contribution >= 0.6 is 0 Å². The van der Waals surface area contributed by atoms with Crippen LogP contribution in [0.25, 0.3) is 11.4 Å². The Morgan fingerprint density at radius 2 is 1.85 bits per heavy atom. The minimum Gasteiger partial charge on any atom is -0.326 e. The first-order valence-electron chi connectivity index (χ1n) is 10.4. The molecule has 2 aromatic heterocycles. The van der Waals surface area contributed by atoms with Crippen LogP contribution in [0.2, 0.25) is 0 Å². The Morgan fingerprint density at radius 3 is 2.53 bits per heavy atom. The zero-order valence-electron chi connectivity index (χ0n) is 18.8. The number of halogens is 2. The van der Waals surface area contributed by atoms with Gasteiger partial charge in [0.2, 0.25) is 11.7 Å². The average Bonchev–Trinajstić information content (AvgIpc) is 3.35. The lowest BCUT2D eigenvalue weighted by Crippen LogP contribution is -2.23. The van der Waals surface area contributed by atoms with Crippen molar-refractivity contribution in [1.29, 1.82) is 5.26 Å². The van der Waals surface area contributed by atoms with Crippen LogP contribution in [0.15, 0.2) is 42.5 Å². The third kappa shape index (κ3) is 4.54. The Labute approximate surface area is 194 Å². The van der Waals surface area contributed by atoms with Crippen LogP contribution in [0.3, 0.4) is 0 Å². The largest absolute Gasteiger partial charge is 0.326 e. The fourth-order valence-electron chi connectivity index (χ4n) is 3.61. The molecule has 4 aromatic rings. The van der Waals surface area contributed by atoms with Crippen molar-refractivity contribution in [2.24, 2.45) is 0 Å². The summed E-state index contributed by atoms with van der Waals surface area (Å²) < 4.78 is 28.6. The van der Waals surface area contributed by atoms with E-state index in [1.807, 2.05) is 6.92 Å². The van der Waals surface area contributed by atoms with Gasteiger partial charge in [0.15, 0.2) is 0 Å². The van der Waals surface area contributed by atoms with Crippen LogP contribution in [0.5, 0.6) is 0 Å². The Morgan fingerprint density at radius 1 is 1.12 bits per heavy atom. The van der Waals surface area contributed by atoms with Crippen LogP contribution < -0.4 is 5.32 Å². The fourth-order valence-corrected chi connectivity index (χ4v) is 3.61. The summed E-state index contributed by atoms with van der Waals surface area (Å²) in [6.07, 6.45) is 0. The van der Waals surface area contributed by atoms with Gasteiger partial charge >= 0.3 is 0 Å². The summed E-state index contributed by atoms with van der Waals surface area (Å²) in [4.78, 5) is 13.9. The maximum absolute atomic E-state index is 13.5. The smallest absolute Gasteiger partial charge is 0.249 e. The van der Waals surface area contributed by atoms with E-state index in [4.69, 9.17) is 0 Å². The second-order valence-corrected chi connectivity index (χ2v) is 7.91. The molecule has 0 spiro atoms. The quantitative estimate of drug-likeness (QED) is 0.469. The Kier molecular flexibility index (Phi) is 6.19. The number of carbonyl (C=O) groups excluding carboxylic acids is 1. The lowest BCUT2D eigenvalue weighted by molar-refractivity contribution is -0.117. The molecule has 8 nitrogen and oxygen atoms in total. The average molecular weight is 461 g/mol. The number of tetrazole rings is 1. The summed E-state index contributed by atoms with van der Waals surface area (Å²) in [5.41, 5.74) is 3.75. The van der Waals surface area contributed by atoms with Crippen molar-refractivity contribution in [3.8, 4) is 17.5 Å². The highest BCUT2D eigenvalue weighted by Crippen LogP contribution is 2.27. The van der Waals surface area contributed by atoms with Crippen molar-refractivity contribution in [2.45, 2.75) is 33.9 Å². The zero-order valence-corrected chi connectivity index (χ0v) is 18.8. The van der Waals surface area contributed by atoms with Crippen molar-refractivity contribution in [3.63, 3.8) is 0 Å². The molecule has 172 valence electrons. The second-order valence-electron chi connectivity index (χ2n) is 7.91. The molecule has 4 rings (SSSR count). The zero-order chi connectivity index (χ0) is 24.4. The number of hydrogen-bond donors (Lipinski definition) is 1. The summed E-state index contributed by atoms with van der Waals surface area (Å²) in [5, 5.41) is 24.5. The summed E-state index contributed by atoms with van der Waals surface area (Å²) in [6, 6.07) is 12.6. The first-order chi connectivity index (χ1) is 16.3. The van der Waals surface area contributed by atoms with Gasteiger partial charge in [0.05, 0.1) is 5.56 Å². The maximum atomic E-state index is 13.5. The number of rotatable bonds is 6. The van der Waals surface area contributed by atoms with Gasteiger partial charge in [-0.2, -0.15) is 10.1 Å². The molecule has 2 aromatic carbocycles. The molecular formula is C24H21F2N7O. The van der Waals surface area contributed by atoms with Gasteiger partial charge in [0.25, 0.3) is 0 Å². The van der Waals surface area contributed by atoms with Gasteiger partial charge in [0, 0.05) is 17.8 Å². The molecule has 0 saturated heterocycles. The van der Waals surface area contributed by atoms with Crippen molar-refractivity contribution in [3.05, 3.63) is 82.0 Å². The molecular weight excluding hydrogens is 440 g/mol. The van der Waals surface area contributed by atoms with Crippen LogP contribution in [0.1, 0.15) is 27.9 Å². The van der Waals surface area contributed by atoms with E-state index in [9.17, 15) is 18.8 Å². The standard InChI is InChI=1S/C24H21F2N7O/c1-14-10-18(6-9-21(14)26)23-29-31-33(30-23)13-22(34)28-24-20(11-27)15(2)16(3)32(24)12-17-4-7-19(25)8-5-17/h4-10H,12-13H2,1-3H3,(H,28,34). The number of aryl methyl sites for hydroxylation is 1. The molecule has 2 heterocycles. The molecule has 0 aliphatic heterocycles. The van der Waals surface area contributed by atoms with E-state index in [2.05, 4.69) is 26.8 Å². The van der Waals surface area contributed by atoms with Crippen LogP contribution in [-0.2, 0) is 17.9 Å². The number of anilines is 1. The number of carbonyl (C=O) groups is 1. The predicted molar refractivity (Wildman–Crippen MR) is 121 cm³/mol. The van der Waals surface area contributed by atoms with E-state index in [0.29, 0.717) is 29.1 Å². The molecule has 0 bridgehead atoms. The first-order valence-corrected chi connectivity index (χ1v) is 10.4. The van der Waals surface area contributed by atoms with Gasteiger partial charge in [0.1, 0.15) is 30.1 Å². The molecule has 1 N–H and O–H groups in total. The topological polar surface area (TPSA) is 101 Å². The summed E-state index contributed by atoms with van der Waals surface area (Å²) in [5.74, 6) is -0.515. The molecule has 0 aliphatic carbocycles. The van der Waals surface area contributed by atoms with E-state index in [1.165, 1.54) is 24.3 Å². The summed E-state index contributed by atoms with van der Waals surface area (Å²) >= 11 is 0. The molecule has 0 unspecified atom stereocenters. The highest BCUT2D eigenvalue weighted by Gasteiger charge is 2.20. The van der Waals surface area contributed by atoms with E-state index < -0.39 is 5.91 Å². The SMILES string of the molecule is Cc1cc(-c2nnn(CC(=O)Nc3c(C#N)c(C)c(C)n3Cc3ccc(F)cc3)n2)ccc1F. The van der Waals surface area contributed by atoms with Crippen molar-refractivity contribution >= 4 is 11.7 Å². The highest BCUT2D eigenvalue weighted by atomic mass is 19.1. The molecule has 10 heteroatoms. The second kappa shape index (κ2) is 9.23. The lowest BCUT2D eigenvalue weighted by atomic mass is 10.1. The third-order valence-corrected chi connectivity index (χ3v) is 5.61. The number of aromatic nitrogens is 5. The minimum absolute atomic E-state index is 0.238. The predicted octanol–water partition coefficient (Wildman–Crippen LogP) is 3.90. The van der Waals surface area contributed by atoms with E-state index in [0.717, 1.165) is 21.6 Å². The van der Waals surface area contributed by atoms with Gasteiger partial charge in [-0.05, 0) is 73.0 Å². The van der Waals surface area contributed by atoms with Crippen molar-refractivity contribution in [1.82, 2.24) is 24.8 Å². The van der Waals surface area contributed by atoms with Crippen LogP contribution in [0, 0.1) is 43.7 Å². The molecule has 1 amide bonds.